The van der Waals surface area contributed by atoms with E-state index in [4.69, 9.17) is 19.9 Å². The Balaban J connectivity index is 1.43. The van der Waals surface area contributed by atoms with Crippen LogP contribution >= 0.6 is 15.6 Å². The van der Waals surface area contributed by atoms with Gasteiger partial charge in [0.25, 0.3) is 5.56 Å². The normalized spacial score (nSPS) is 33.4. The number of hydrogen-bond acceptors (Lipinski definition) is 16. The Labute approximate surface area is 247 Å². The van der Waals surface area contributed by atoms with E-state index in [1.165, 1.54) is 19.2 Å². The van der Waals surface area contributed by atoms with Gasteiger partial charge >= 0.3 is 21.3 Å². The van der Waals surface area contributed by atoms with Gasteiger partial charge in [0.15, 0.2) is 12.5 Å². The number of aliphatic hydroxyl groups excluding tert-OH is 5. The molecule has 246 valence electrons. The minimum Gasteiger partial charge on any atom is -0.497 e. The van der Waals surface area contributed by atoms with Gasteiger partial charge in [0.1, 0.15) is 42.4 Å². The van der Waals surface area contributed by atoms with E-state index in [0.717, 1.165) is 10.8 Å². The minimum atomic E-state index is -5.56. The summed E-state index contributed by atoms with van der Waals surface area (Å²) >= 11 is 0. The Bertz CT molecular complexity index is 1520. The molecule has 0 spiro atoms. The predicted molar refractivity (Wildman–Crippen MR) is 143 cm³/mol. The number of H-pyrrole nitrogens is 1. The summed E-state index contributed by atoms with van der Waals surface area (Å²) in [4.78, 5) is 47.1. The lowest BCUT2D eigenvalue weighted by Gasteiger charge is -2.40. The first kappa shape index (κ1) is 34.5. The highest BCUT2D eigenvalue weighted by atomic mass is 31.3. The summed E-state index contributed by atoms with van der Waals surface area (Å²) in [5, 5.41) is 50.0. The summed E-state index contributed by atoms with van der Waals surface area (Å²) in [6, 6.07) is 4.52. The average molecular weight is 671 g/mol. The Kier molecular flexibility index (Phi) is 10.6. The van der Waals surface area contributed by atoms with Crippen LogP contribution in [0.4, 0.5) is 0 Å². The zero-order valence-electron chi connectivity index (χ0n) is 22.6. The topological polar surface area (TPSA) is 312 Å². The fourth-order valence-corrected chi connectivity index (χ4v) is 6.59. The van der Waals surface area contributed by atoms with Gasteiger partial charge in [-0.15, -0.1) is 0 Å². The molecule has 10 N–H and O–H groups in total. The highest BCUT2D eigenvalue weighted by Crippen LogP contribution is 2.61. The van der Waals surface area contributed by atoms with E-state index in [0.29, 0.717) is 11.3 Å². The molecule has 44 heavy (non-hydrogen) atoms. The number of hydrogen-bond donors (Lipinski definition) is 9. The number of aromatic nitrogens is 2. The molecule has 22 heteroatoms. The first-order valence-electron chi connectivity index (χ1n) is 12.7. The molecule has 1 aromatic carbocycles. The van der Waals surface area contributed by atoms with Gasteiger partial charge in [-0.05, 0) is 17.7 Å². The summed E-state index contributed by atoms with van der Waals surface area (Å²) in [6.45, 7) is -1.89. The molecule has 11 atom stereocenters. The van der Waals surface area contributed by atoms with Crippen LogP contribution < -0.4 is 21.7 Å². The van der Waals surface area contributed by atoms with E-state index in [1.807, 2.05) is 0 Å². The molecule has 2 aliphatic heterocycles. The highest BCUT2D eigenvalue weighted by Gasteiger charge is 2.49. The van der Waals surface area contributed by atoms with Crippen molar-refractivity contribution in [1.29, 1.82) is 0 Å². The Morgan fingerprint density at radius 2 is 1.59 bits per heavy atom. The summed E-state index contributed by atoms with van der Waals surface area (Å²) in [7, 11) is -9.62. The number of phosphoric acid groups is 2. The standard InChI is InChI=1S/C22H31N3O17P2/c1-37-10-4-2-9(3-5-10)11-6-25(22(32)24-19(11)31)20-18(30)16(28)13(39-20)8-38-43(33,34)42-44(35,36)41-21-14(23)17(29)15(27)12(7-26)40-21/h2-6,12-18,20-21,26-30H,7-8,23H2,1H3,(H,33,34)(H,35,36)(H,24,31,32)/t12-,13-,14-,15+,16-,17-,18-,20-,21-/m1/s1. The lowest BCUT2D eigenvalue weighted by molar-refractivity contribution is -0.242. The van der Waals surface area contributed by atoms with Crippen LogP contribution in [-0.2, 0) is 32.0 Å². The second-order valence-corrected chi connectivity index (χ2v) is 12.7. The van der Waals surface area contributed by atoms with Crippen molar-refractivity contribution in [3.63, 3.8) is 0 Å². The molecular formula is C22H31N3O17P2. The third kappa shape index (κ3) is 7.53. The maximum Gasteiger partial charge on any atom is 0.483 e. The number of phosphoric ester groups is 2. The van der Waals surface area contributed by atoms with Crippen molar-refractivity contribution in [2.45, 2.75) is 55.2 Å². The van der Waals surface area contributed by atoms with Gasteiger partial charge < -0.3 is 55.3 Å². The maximum atomic E-state index is 12.6. The van der Waals surface area contributed by atoms with E-state index in [1.54, 1.807) is 12.1 Å². The average Bonchev–Trinajstić information content (AvgIpc) is 3.24. The molecule has 0 aliphatic carbocycles. The van der Waals surface area contributed by atoms with E-state index in [9.17, 15) is 54.0 Å². The lowest BCUT2D eigenvalue weighted by Crippen LogP contribution is -2.62. The lowest BCUT2D eigenvalue weighted by atomic mass is 9.98. The second-order valence-electron chi connectivity index (χ2n) is 9.69. The zero-order chi connectivity index (χ0) is 32.6. The molecule has 2 aliphatic rings. The van der Waals surface area contributed by atoms with E-state index in [-0.39, 0.29) is 5.56 Å². The zero-order valence-corrected chi connectivity index (χ0v) is 24.4. The van der Waals surface area contributed by atoms with Gasteiger partial charge in [0.05, 0.1) is 31.9 Å². The molecule has 1 aromatic heterocycles. The summed E-state index contributed by atoms with van der Waals surface area (Å²) in [5.41, 5.74) is 4.15. The van der Waals surface area contributed by atoms with Crippen LogP contribution in [0.2, 0.25) is 0 Å². The van der Waals surface area contributed by atoms with Crippen molar-refractivity contribution in [3.05, 3.63) is 51.3 Å². The molecule has 0 bridgehead atoms. The second kappa shape index (κ2) is 13.6. The van der Waals surface area contributed by atoms with Crippen LogP contribution in [0.5, 0.6) is 5.75 Å². The van der Waals surface area contributed by atoms with Crippen LogP contribution in [-0.4, -0.2) is 114 Å². The molecule has 0 amide bonds. The van der Waals surface area contributed by atoms with Crippen molar-refractivity contribution >= 4 is 15.6 Å². The number of aromatic amines is 1. The summed E-state index contributed by atoms with van der Waals surface area (Å²) in [5.74, 6) is 0.494. The summed E-state index contributed by atoms with van der Waals surface area (Å²) < 4.78 is 54.5. The highest BCUT2D eigenvalue weighted by molar-refractivity contribution is 7.61. The Morgan fingerprint density at radius 3 is 2.20 bits per heavy atom. The van der Waals surface area contributed by atoms with Gasteiger partial charge in [-0.3, -0.25) is 23.4 Å². The van der Waals surface area contributed by atoms with Gasteiger partial charge in [0.2, 0.25) is 0 Å². The predicted octanol–water partition coefficient (Wildman–Crippen LogP) is -3.15. The van der Waals surface area contributed by atoms with Gasteiger partial charge in [-0.25, -0.2) is 13.9 Å². The van der Waals surface area contributed by atoms with Crippen LogP contribution in [0.3, 0.4) is 0 Å². The fourth-order valence-electron chi connectivity index (χ4n) is 4.42. The van der Waals surface area contributed by atoms with Gasteiger partial charge in [-0.2, -0.15) is 4.31 Å². The monoisotopic (exact) mass is 671 g/mol. The third-order valence-electron chi connectivity index (χ3n) is 6.75. The number of ether oxygens (including phenoxy) is 3. The molecule has 2 aromatic rings. The number of rotatable bonds is 11. The minimum absolute atomic E-state index is 0.0156. The number of methoxy groups -OCH3 is 1. The number of nitrogens with two attached hydrogens (primary N) is 1. The van der Waals surface area contributed by atoms with Crippen molar-refractivity contribution in [2.75, 3.05) is 20.3 Å². The molecule has 0 radical (unpaired) electrons. The van der Waals surface area contributed by atoms with Crippen LogP contribution in [0.1, 0.15) is 6.23 Å². The number of nitrogens with one attached hydrogen (secondary N) is 1. The largest absolute Gasteiger partial charge is 0.497 e. The molecule has 2 fully saturated rings. The smallest absolute Gasteiger partial charge is 0.483 e. The molecule has 2 saturated heterocycles. The number of benzene rings is 1. The maximum absolute atomic E-state index is 12.6. The fraction of sp³-hybridized carbons (Fsp3) is 0.545. The van der Waals surface area contributed by atoms with Crippen molar-refractivity contribution in [3.8, 4) is 16.9 Å². The number of aliphatic hydroxyl groups is 5. The molecule has 20 nitrogen and oxygen atoms in total. The third-order valence-corrected chi connectivity index (χ3v) is 9.35. The van der Waals surface area contributed by atoms with E-state index < -0.39 is 95.3 Å². The first-order chi connectivity index (χ1) is 20.6. The van der Waals surface area contributed by atoms with Crippen molar-refractivity contribution in [2.24, 2.45) is 5.73 Å². The van der Waals surface area contributed by atoms with Crippen LogP contribution in [0, 0.1) is 0 Å². The van der Waals surface area contributed by atoms with E-state index in [2.05, 4.69) is 18.3 Å². The SMILES string of the molecule is COc1ccc(-c2cn([C@@H]3O[C@H](COP(=O)(O)OP(=O)(O)O[C@H]4O[C@H](CO)[C@H](O)[C@H](O)[C@H]4N)[C@@H](O)[C@H]3O)c(=O)[nH]c2=O)cc1. The van der Waals surface area contributed by atoms with Crippen molar-refractivity contribution < 1.29 is 72.0 Å². The quantitative estimate of drug-likeness (QED) is 0.107. The molecule has 3 heterocycles. The van der Waals surface area contributed by atoms with Gasteiger partial charge in [0, 0.05) is 6.20 Å². The number of nitrogens with zero attached hydrogens (tertiary/aromatic N) is 1. The van der Waals surface area contributed by atoms with Gasteiger partial charge in [-0.1, -0.05) is 12.1 Å². The molecular weight excluding hydrogens is 640 g/mol. The molecule has 4 rings (SSSR count). The van der Waals surface area contributed by atoms with Crippen LogP contribution in [0.15, 0.2) is 40.1 Å². The summed E-state index contributed by atoms with van der Waals surface area (Å²) in [6.07, 6.45) is -12.8. The molecule has 0 saturated carbocycles. The van der Waals surface area contributed by atoms with Crippen molar-refractivity contribution in [1.82, 2.24) is 9.55 Å². The Morgan fingerprint density at radius 1 is 0.955 bits per heavy atom. The first-order valence-corrected chi connectivity index (χ1v) is 15.7. The molecule has 2 unspecified atom stereocenters. The Hall–Kier alpha value is -2.36. The van der Waals surface area contributed by atoms with Crippen LogP contribution in [0.25, 0.3) is 11.1 Å². The van der Waals surface area contributed by atoms with E-state index >= 15 is 0 Å².